The molecule has 2 aromatic rings. The molecule has 1 aliphatic heterocycles. The number of ether oxygens (including phenoxy) is 3. The van der Waals surface area contributed by atoms with Crippen molar-refractivity contribution in [2.75, 3.05) is 54.1 Å². The molecular formula is C26H38N2O4. The van der Waals surface area contributed by atoms with Gasteiger partial charge < -0.3 is 24.2 Å². The highest BCUT2D eigenvalue weighted by Gasteiger charge is 2.17. The fourth-order valence-electron chi connectivity index (χ4n) is 4.24. The first-order valence-corrected chi connectivity index (χ1v) is 11.5. The maximum absolute atomic E-state index is 10.5. The van der Waals surface area contributed by atoms with E-state index in [4.69, 9.17) is 14.2 Å². The van der Waals surface area contributed by atoms with Crippen LogP contribution >= 0.6 is 0 Å². The summed E-state index contributed by atoms with van der Waals surface area (Å²) in [6.07, 6.45) is 1.68. The van der Waals surface area contributed by atoms with Gasteiger partial charge in [0, 0.05) is 39.4 Å². The molecule has 1 aliphatic rings. The van der Waals surface area contributed by atoms with Gasteiger partial charge in [-0.05, 0) is 56.1 Å². The van der Waals surface area contributed by atoms with Gasteiger partial charge in [-0.15, -0.1) is 0 Å². The minimum absolute atomic E-state index is 0.219. The van der Waals surface area contributed by atoms with E-state index in [1.54, 1.807) is 7.11 Å². The molecule has 1 N–H and O–H groups in total. The third-order valence-electron chi connectivity index (χ3n) is 5.84. The lowest BCUT2D eigenvalue weighted by atomic mass is 10.00. The lowest BCUT2D eigenvalue weighted by molar-refractivity contribution is 0.0549. The summed E-state index contributed by atoms with van der Waals surface area (Å²) in [6.45, 7) is 5.21. The van der Waals surface area contributed by atoms with Crippen LogP contribution in [-0.4, -0.2) is 75.1 Å². The van der Waals surface area contributed by atoms with Crippen molar-refractivity contribution in [3.8, 4) is 11.5 Å². The lowest BCUT2D eigenvalue weighted by Gasteiger charge is -2.27. The Kier molecular flexibility index (Phi) is 9.81. The summed E-state index contributed by atoms with van der Waals surface area (Å²) in [5.41, 5.74) is 2.40. The van der Waals surface area contributed by atoms with Gasteiger partial charge in [0.15, 0.2) is 11.5 Å². The predicted octanol–water partition coefficient (Wildman–Crippen LogP) is 3.43. The molecule has 0 radical (unpaired) electrons. The van der Waals surface area contributed by atoms with Crippen LogP contribution in [0.3, 0.4) is 0 Å². The number of rotatable bonds is 12. The first kappa shape index (κ1) is 24.5. The zero-order valence-electron chi connectivity index (χ0n) is 19.7. The van der Waals surface area contributed by atoms with Gasteiger partial charge in [0.1, 0.15) is 12.7 Å². The third kappa shape index (κ3) is 8.10. The van der Waals surface area contributed by atoms with Crippen molar-refractivity contribution in [1.29, 1.82) is 0 Å². The number of aliphatic hydroxyl groups is 1. The molecule has 1 saturated heterocycles. The summed E-state index contributed by atoms with van der Waals surface area (Å²) >= 11 is 0. The minimum atomic E-state index is -0.590. The minimum Gasteiger partial charge on any atom is -0.493 e. The largest absolute Gasteiger partial charge is 0.493 e. The topological polar surface area (TPSA) is 54.4 Å². The molecule has 0 amide bonds. The molecule has 1 fully saturated rings. The molecule has 3 rings (SSSR count). The Morgan fingerprint density at radius 2 is 1.69 bits per heavy atom. The van der Waals surface area contributed by atoms with Gasteiger partial charge in [-0.2, -0.15) is 0 Å². The average Bonchev–Trinajstić information content (AvgIpc) is 2.79. The summed E-state index contributed by atoms with van der Waals surface area (Å²) < 4.78 is 16.9. The second-order valence-electron chi connectivity index (χ2n) is 8.88. The molecule has 6 heteroatoms. The molecule has 32 heavy (non-hydrogen) atoms. The van der Waals surface area contributed by atoms with Crippen molar-refractivity contribution in [3.63, 3.8) is 0 Å². The fraction of sp³-hybridized carbons (Fsp3) is 0.538. The van der Waals surface area contributed by atoms with Crippen LogP contribution in [-0.2, 0) is 17.8 Å². The van der Waals surface area contributed by atoms with Gasteiger partial charge >= 0.3 is 0 Å². The van der Waals surface area contributed by atoms with Gasteiger partial charge in [0.2, 0.25) is 0 Å². The SMILES string of the molecule is COc1ccc(CN(C)CC2CCOCC2)cc1OCC(O)CN(C)Cc1ccccc1. The number of hydrogen-bond acceptors (Lipinski definition) is 6. The predicted molar refractivity (Wildman–Crippen MR) is 127 cm³/mol. The average molecular weight is 443 g/mol. The molecule has 1 unspecified atom stereocenters. The van der Waals surface area contributed by atoms with Crippen molar-refractivity contribution >= 4 is 0 Å². The third-order valence-corrected chi connectivity index (χ3v) is 5.84. The van der Waals surface area contributed by atoms with Crippen LogP contribution < -0.4 is 9.47 Å². The summed E-state index contributed by atoms with van der Waals surface area (Å²) in [5, 5.41) is 10.5. The van der Waals surface area contributed by atoms with E-state index < -0.39 is 6.10 Å². The van der Waals surface area contributed by atoms with Gasteiger partial charge in [-0.25, -0.2) is 0 Å². The van der Waals surface area contributed by atoms with Crippen LogP contribution in [0.25, 0.3) is 0 Å². The van der Waals surface area contributed by atoms with Gasteiger partial charge in [-0.3, -0.25) is 4.90 Å². The monoisotopic (exact) mass is 442 g/mol. The van der Waals surface area contributed by atoms with Crippen LogP contribution in [0.5, 0.6) is 11.5 Å². The normalized spacial score (nSPS) is 15.8. The van der Waals surface area contributed by atoms with E-state index in [2.05, 4.69) is 35.0 Å². The van der Waals surface area contributed by atoms with E-state index in [1.807, 2.05) is 37.4 Å². The molecule has 1 heterocycles. The van der Waals surface area contributed by atoms with Crippen LogP contribution in [0.1, 0.15) is 24.0 Å². The Morgan fingerprint density at radius 1 is 0.969 bits per heavy atom. The van der Waals surface area contributed by atoms with E-state index in [0.29, 0.717) is 24.0 Å². The molecule has 0 aromatic heterocycles. The van der Waals surface area contributed by atoms with E-state index in [0.717, 1.165) is 45.7 Å². The molecule has 2 aromatic carbocycles. The molecular weight excluding hydrogens is 404 g/mol. The Hall–Kier alpha value is -2.12. The van der Waals surface area contributed by atoms with Crippen molar-refractivity contribution in [2.24, 2.45) is 5.92 Å². The van der Waals surface area contributed by atoms with E-state index in [1.165, 1.54) is 11.1 Å². The number of hydrogen-bond donors (Lipinski definition) is 1. The second-order valence-corrected chi connectivity index (χ2v) is 8.88. The Labute approximate surface area is 192 Å². The van der Waals surface area contributed by atoms with Crippen LogP contribution in [0.15, 0.2) is 48.5 Å². The molecule has 0 spiro atoms. The number of benzene rings is 2. The smallest absolute Gasteiger partial charge is 0.161 e. The number of likely N-dealkylation sites (N-methyl/N-ethyl adjacent to an activating group) is 1. The van der Waals surface area contributed by atoms with E-state index >= 15 is 0 Å². The Morgan fingerprint density at radius 3 is 2.41 bits per heavy atom. The summed E-state index contributed by atoms with van der Waals surface area (Å²) in [7, 11) is 5.81. The number of nitrogens with zero attached hydrogens (tertiary/aromatic N) is 2. The molecule has 0 saturated carbocycles. The first-order chi connectivity index (χ1) is 15.5. The fourth-order valence-corrected chi connectivity index (χ4v) is 4.24. The highest BCUT2D eigenvalue weighted by atomic mass is 16.5. The quantitative estimate of drug-likeness (QED) is 0.544. The van der Waals surface area contributed by atoms with Crippen molar-refractivity contribution in [1.82, 2.24) is 9.80 Å². The second kappa shape index (κ2) is 12.8. The number of aliphatic hydroxyl groups excluding tert-OH is 1. The molecule has 1 atom stereocenters. The number of methoxy groups -OCH3 is 1. The summed E-state index contributed by atoms with van der Waals surface area (Å²) in [5.74, 6) is 2.06. The van der Waals surface area contributed by atoms with Gasteiger partial charge in [-0.1, -0.05) is 36.4 Å². The zero-order valence-corrected chi connectivity index (χ0v) is 19.7. The molecule has 6 nitrogen and oxygen atoms in total. The first-order valence-electron chi connectivity index (χ1n) is 11.5. The lowest BCUT2D eigenvalue weighted by Crippen LogP contribution is -2.32. The van der Waals surface area contributed by atoms with Crippen molar-refractivity contribution in [3.05, 3.63) is 59.7 Å². The summed E-state index contributed by atoms with van der Waals surface area (Å²) in [6, 6.07) is 16.3. The van der Waals surface area contributed by atoms with Crippen molar-refractivity contribution < 1.29 is 19.3 Å². The van der Waals surface area contributed by atoms with E-state index in [9.17, 15) is 5.11 Å². The van der Waals surface area contributed by atoms with Gasteiger partial charge in [0.05, 0.1) is 7.11 Å². The maximum atomic E-state index is 10.5. The van der Waals surface area contributed by atoms with Crippen LogP contribution in [0.4, 0.5) is 0 Å². The Bertz CT molecular complexity index is 796. The highest BCUT2D eigenvalue weighted by Crippen LogP contribution is 2.29. The highest BCUT2D eigenvalue weighted by molar-refractivity contribution is 5.43. The molecule has 176 valence electrons. The summed E-state index contributed by atoms with van der Waals surface area (Å²) in [4.78, 5) is 4.46. The Balaban J connectivity index is 1.49. The molecule has 0 aliphatic carbocycles. The maximum Gasteiger partial charge on any atom is 0.161 e. The molecule has 0 bridgehead atoms. The van der Waals surface area contributed by atoms with Crippen molar-refractivity contribution in [2.45, 2.75) is 32.0 Å². The standard InChI is InChI=1S/C26H38N2O4/c1-27(17-22-11-13-31-14-12-22)18-23-9-10-25(30-3)26(15-23)32-20-24(29)19-28(2)16-21-7-5-4-6-8-21/h4-10,15,22,24,29H,11-14,16-20H2,1-3H3. The van der Waals surface area contributed by atoms with Crippen LogP contribution in [0.2, 0.25) is 0 Å². The van der Waals surface area contributed by atoms with Gasteiger partial charge in [0.25, 0.3) is 0 Å². The zero-order chi connectivity index (χ0) is 22.8. The van der Waals surface area contributed by atoms with Crippen LogP contribution in [0, 0.1) is 5.92 Å². The van der Waals surface area contributed by atoms with E-state index in [-0.39, 0.29) is 6.61 Å².